The quantitative estimate of drug-likeness (QED) is 0.241. The summed E-state index contributed by atoms with van der Waals surface area (Å²) in [7, 11) is 1.96. The minimum absolute atomic E-state index is 0.0122. The van der Waals surface area contributed by atoms with Crippen molar-refractivity contribution in [1.82, 2.24) is 20.8 Å². The van der Waals surface area contributed by atoms with E-state index in [1.165, 1.54) is 25.5 Å². The first-order chi connectivity index (χ1) is 19.0. The number of likely N-dealkylation sites (N-methyl/N-ethyl adjacent to an activating group) is 1. The van der Waals surface area contributed by atoms with Crippen LogP contribution in [-0.4, -0.2) is 85.3 Å². The molecule has 3 aliphatic heterocycles. The fourth-order valence-electron chi connectivity index (χ4n) is 5.73. The van der Waals surface area contributed by atoms with Gasteiger partial charge < -0.3 is 25.7 Å². The second-order valence-corrected chi connectivity index (χ2v) is 11.7. The lowest BCUT2D eigenvalue weighted by atomic mass is 9.94. The third kappa shape index (κ3) is 7.01. The van der Waals surface area contributed by atoms with E-state index in [2.05, 4.69) is 44.9 Å². The van der Waals surface area contributed by atoms with Gasteiger partial charge in [0.05, 0.1) is 5.71 Å². The molecule has 0 saturated carbocycles. The fraction of sp³-hybridized carbons (Fsp3) is 0.679. The highest BCUT2D eigenvalue weighted by Crippen LogP contribution is 2.31. The molecule has 3 aliphatic rings. The van der Waals surface area contributed by atoms with Crippen molar-refractivity contribution in [3.8, 4) is 0 Å². The highest BCUT2D eigenvalue weighted by Gasteiger charge is 2.34. The Hall–Kier alpha value is -2.99. The molecule has 4 rings (SSSR count). The van der Waals surface area contributed by atoms with E-state index in [0.717, 1.165) is 19.4 Å². The van der Waals surface area contributed by atoms with Gasteiger partial charge in [-0.2, -0.15) is 0 Å². The molecule has 2 saturated heterocycles. The summed E-state index contributed by atoms with van der Waals surface area (Å²) >= 11 is 0. The SMILES string of the molecule is CC(=O)NCC(C)C1CC(c2cc(F)c(N3CCN(C)CC3/C(N)=N/NN3CCCCC3C(C)C)c(F)c2)=NO1. The molecule has 1 aromatic carbocycles. The molecule has 0 radical (unpaired) electrons. The minimum atomic E-state index is -0.682. The summed E-state index contributed by atoms with van der Waals surface area (Å²) in [5.41, 5.74) is 10.3. The number of carbonyl (C=O) groups is 1. The molecule has 40 heavy (non-hydrogen) atoms. The van der Waals surface area contributed by atoms with Gasteiger partial charge in [-0.15, -0.1) is 5.10 Å². The maximum absolute atomic E-state index is 15.6. The number of benzene rings is 1. The molecule has 0 spiro atoms. The van der Waals surface area contributed by atoms with Gasteiger partial charge in [-0.05, 0) is 37.9 Å². The van der Waals surface area contributed by atoms with Gasteiger partial charge in [0.1, 0.15) is 35.3 Å². The molecule has 4 N–H and O–H groups in total. The van der Waals surface area contributed by atoms with Crippen LogP contribution in [0.15, 0.2) is 22.4 Å². The summed E-state index contributed by atoms with van der Waals surface area (Å²) < 4.78 is 31.2. The molecule has 10 nitrogen and oxygen atoms in total. The standard InChI is InChI=1S/C28H44F2N8O2/c1-17(2)24-8-6-7-9-38(24)35-33-28(31)25-16-36(5)10-11-37(25)27-21(29)12-20(13-22(27)30)23-14-26(40-34-23)18(3)15-32-19(4)39/h12-13,17-18,24-26,35H,6-11,14-16H2,1-5H3,(H2,31,33)(H,32,39). The predicted molar refractivity (Wildman–Crippen MR) is 153 cm³/mol. The first-order valence-electron chi connectivity index (χ1n) is 14.3. The number of nitrogens with two attached hydrogens (primary N) is 1. The lowest BCUT2D eigenvalue weighted by molar-refractivity contribution is -0.119. The second kappa shape index (κ2) is 13.1. The van der Waals surface area contributed by atoms with Crippen molar-refractivity contribution in [2.24, 2.45) is 27.8 Å². The molecule has 12 heteroatoms. The Bertz CT molecular complexity index is 1090. The van der Waals surface area contributed by atoms with Crippen molar-refractivity contribution < 1.29 is 18.4 Å². The number of anilines is 1. The number of piperazine rings is 1. The van der Waals surface area contributed by atoms with Gasteiger partial charge in [-0.3, -0.25) is 4.79 Å². The van der Waals surface area contributed by atoms with Crippen LogP contribution < -0.4 is 21.5 Å². The smallest absolute Gasteiger partial charge is 0.216 e. The molecule has 1 aromatic rings. The van der Waals surface area contributed by atoms with Crippen molar-refractivity contribution in [3.05, 3.63) is 29.3 Å². The largest absolute Gasteiger partial charge is 0.391 e. The summed E-state index contributed by atoms with van der Waals surface area (Å²) in [5.74, 6) is -0.749. The van der Waals surface area contributed by atoms with Crippen molar-refractivity contribution in [2.45, 2.75) is 71.6 Å². The van der Waals surface area contributed by atoms with Crippen LogP contribution >= 0.6 is 0 Å². The number of hydrazine groups is 1. The second-order valence-electron chi connectivity index (χ2n) is 11.7. The number of halogens is 2. The monoisotopic (exact) mass is 562 g/mol. The van der Waals surface area contributed by atoms with Gasteiger partial charge in [0, 0.05) is 63.6 Å². The normalized spacial score (nSPS) is 25.5. The van der Waals surface area contributed by atoms with Gasteiger partial charge >= 0.3 is 0 Å². The molecule has 0 bridgehead atoms. The van der Waals surface area contributed by atoms with E-state index in [4.69, 9.17) is 10.6 Å². The number of oxime groups is 1. The van der Waals surface area contributed by atoms with E-state index >= 15 is 8.78 Å². The van der Waals surface area contributed by atoms with Crippen LogP contribution in [0.1, 0.15) is 58.9 Å². The van der Waals surface area contributed by atoms with E-state index in [0.29, 0.717) is 55.8 Å². The van der Waals surface area contributed by atoms with Crippen LogP contribution in [-0.2, 0) is 9.63 Å². The molecule has 4 atom stereocenters. The molecular formula is C28H44F2N8O2. The van der Waals surface area contributed by atoms with Gasteiger partial charge in [-0.25, -0.2) is 19.3 Å². The average molecular weight is 563 g/mol. The zero-order chi connectivity index (χ0) is 29.0. The Kier molecular flexibility index (Phi) is 9.83. The Morgan fingerprint density at radius 2 is 1.93 bits per heavy atom. The van der Waals surface area contributed by atoms with Crippen LogP contribution in [0.5, 0.6) is 0 Å². The maximum atomic E-state index is 15.6. The summed E-state index contributed by atoms with van der Waals surface area (Å²) in [5, 5.41) is 13.5. The van der Waals surface area contributed by atoms with E-state index in [-0.39, 0.29) is 29.5 Å². The number of nitrogens with zero attached hydrogens (tertiary/aromatic N) is 5. The van der Waals surface area contributed by atoms with Gasteiger partial charge in [0.25, 0.3) is 0 Å². The Morgan fingerprint density at radius 1 is 1.20 bits per heavy atom. The number of rotatable bonds is 9. The van der Waals surface area contributed by atoms with E-state index in [9.17, 15) is 4.79 Å². The number of hydrogen-bond donors (Lipinski definition) is 3. The zero-order valence-corrected chi connectivity index (χ0v) is 24.3. The lowest BCUT2D eigenvalue weighted by Gasteiger charge is -2.41. The van der Waals surface area contributed by atoms with Crippen LogP contribution in [0, 0.1) is 23.5 Å². The van der Waals surface area contributed by atoms with Crippen molar-refractivity contribution in [3.63, 3.8) is 0 Å². The summed E-state index contributed by atoms with van der Waals surface area (Å²) in [4.78, 5) is 20.5. The summed E-state index contributed by atoms with van der Waals surface area (Å²) in [6.07, 6.45) is 3.47. The predicted octanol–water partition coefficient (Wildman–Crippen LogP) is 2.64. The number of amides is 1. The highest BCUT2D eigenvalue weighted by molar-refractivity contribution is 6.01. The molecule has 222 valence electrons. The zero-order valence-electron chi connectivity index (χ0n) is 24.3. The molecule has 3 heterocycles. The number of nitrogens with one attached hydrogen (secondary N) is 2. The maximum Gasteiger partial charge on any atom is 0.216 e. The molecule has 2 fully saturated rings. The average Bonchev–Trinajstić information content (AvgIpc) is 3.41. The number of piperidine rings is 1. The third-order valence-electron chi connectivity index (χ3n) is 8.19. The summed E-state index contributed by atoms with van der Waals surface area (Å²) in [6, 6.07) is 2.47. The van der Waals surface area contributed by atoms with Crippen molar-refractivity contribution in [2.75, 3.05) is 44.7 Å². The Morgan fingerprint density at radius 3 is 2.60 bits per heavy atom. The van der Waals surface area contributed by atoms with Crippen molar-refractivity contribution in [1.29, 1.82) is 0 Å². The van der Waals surface area contributed by atoms with Gasteiger partial charge in [0.15, 0.2) is 0 Å². The Labute approximate surface area is 235 Å². The third-order valence-corrected chi connectivity index (χ3v) is 8.19. The molecule has 1 amide bonds. The first kappa shape index (κ1) is 30.0. The number of amidine groups is 1. The van der Waals surface area contributed by atoms with Crippen LogP contribution in [0.4, 0.5) is 14.5 Å². The van der Waals surface area contributed by atoms with Crippen LogP contribution in [0.25, 0.3) is 0 Å². The van der Waals surface area contributed by atoms with E-state index in [1.807, 2.05) is 14.0 Å². The van der Waals surface area contributed by atoms with Crippen LogP contribution in [0.3, 0.4) is 0 Å². The highest BCUT2D eigenvalue weighted by atomic mass is 19.1. The van der Waals surface area contributed by atoms with Crippen molar-refractivity contribution >= 4 is 23.1 Å². The number of carbonyl (C=O) groups excluding carboxylic acids is 1. The number of hydrogen-bond acceptors (Lipinski definition) is 8. The number of hydrazone groups is 1. The minimum Gasteiger partial charge on any atom is -0.391 e. The van der Waals surface area contributed by atoms with Crippen LogP contribution in [0.2, 0.25) is 0 Å². The van der Waals surface area contributed by atoms with Gasteiger partial charge in [-0.1, -0.05) is 32.3 Å². The lowest BCUT2D eigenvalue weighted by Crippen LogP contribution is -2.59. The molecular weight excluding hydrogens is 518 g/mol. The molecule has 4 unspecified atom stereocenters. The Balaban J connectivity index is 1.50. The molecule has 0 aromatic heterocycles. The molecule has 0 aliphatic carbocycles. The summed E-state index contributed by atoms with van der Waals surface area (Å²) in [6.45, 7) is 10.6. The fourth-order valence-corrected chi connectivity index (χ4v) is 5.73. The topological polar surface area (TPSA) is 111 Å². The van der Waals surface area contributed by atoms with E-state index in [1.54, 1.807) is 4.90 Å². The van der Waals surface area contributed by atoms with Gasteiger partial charge in [0.2, 0.25) is 5.91 Å². The van der Waals surface area contributed by atoms with E-state index < -0.39 is 17.7 Å². The first-order valence-corrected chi connectivity index (χ1v) is 14.3.